The van der Waals surface area contributed by atoms with Crippen molar-refractivity contribution >= 4 is 21.6 Å². The third kappa shape index (κ3) is 5.09. The molecule has 1 atom stereocenters. The highest BCUT2D eigenvalue weighted by Gasteiger charge is 2.35. The quantitative estimate of drug-likeness (QED) is 0.546. The van der Waals surface area contributed by atoms with Crippen molar-refractivity contribution in [1.82, 2.24) is 5.32 Å². The van der Waals surface area contributed by atoms with E-state index in [2.05, 4.69) is 5.32 Å². The van der Waals surface area contributed by atoms with Gasteiger partial charge in [0.15, 0.2) is 0 Å². The summed E-state index contributed by atoms with van der Waals surface area (Å²) in [7, 11) is -3.96. The lowest BCUT2D eigenvalue weighted by molar-refractivity contribution is -0.120. The highest BCUT2D eigenvalue weighted by Crippen LogP contribution is 2.39. The van der Waals surface area contributed by atoms with Crippen LogP contribution in [-0.2, 0) is 14.8 Å². The molecule has 1 amide bonds. The molecule has 0 spiro atoms. The molecule has 0 aromatic heterocycles. The Hall–Kier alpha value is -3.32. The highest BCUT2D eigenvalue weighted by atomic mass is 32.2. The Kier molecular flexibility index (Phi) is 6.41. The van der Waals surface area contributed by atoms with Crippen molar-refractivity contribution in [3.8, 4) is 5.75 Å². The van der Waals surface area contributed by atoms with E-state index in [-0.39, 0.29) is 23.4 Å². The smallest absolute Gasteiger partial charge is 0.264 e. The Bertz CT molecular complexity index is 1280. The second-order valence-electron chi connectivity index (χ2n) is 9.39. The highest BCUT2D eigenvalue weighted by molar-refractivity contribution is 7.92. The van der Waals surface area contributed by atoms with Crippen LogP contribution < -0.4 is 14.4 Å². The van der Waals surface area contributed by atoms with E-state index in [4.69, 9.17) is 4.74 Å². The van der Waals surface area contributed by atoms with Crippen LogP contribution in [0.3, 0.4) is 0 Å². The van der Waals surface area contributed by atoms with E-state index in [1.165, 1.54) is 4.31 Å². The van der Waals surface area contributed by atoms with Crippen LogP contribution in [0.15, 0.2) is 77.7 Å². The fourth-order valence-corrected chi connectivity index (χ4v) is 5.86. The van der Waals surface area contributed by atoms with Crippen molar-refractivity contribution in [3.05, 3.63) is 89.5 Å². The molecule has 1 aliphatic rings. The number of aryl methyl sites for hydroxylation is 2. The Morgan fingerprint density at radius 2 is 1.62 bits per heavy atom. The number of ether oxygens (including phenoxy) is 1. The van der Waals surface area contributed by atoms with Gasteiger partial charge in [-0.25, -0.2) is 8.42 Å². The molecule has 0 aliphatic carbocycles. The standard InChI is InChI=1S/C27H30N2O4S/c1-19-14-20(2)16-21(15-19)29(34(31,32)22-10-6-5-7-11-22)18-26(30)28-24-17-27(3,4)33-25-13-9-8-12-23(24)25/h5-16,24H,17-18H2,1-4H3,(H,28,30). The van der Waals surface area contributed by atoms with Gasteiger partial charge in [-0.3, -0.25) is 9.10 Å². The Morgan fingerprint density at radius 1 is 1.00 bits per heavy atom. The molecule has 3 aromatic carbocycles. The van der Waals surface area contributed by atoms with E-state index in [0.29, 0.717) is 12.1 Å². The number of carbonyl (C=O) groups is 1. The Labute approximate surface area is 201 Å². The summed E-state index contributed by atoms with van der Waals surface area (Å²) in [6.07, 6.45) is 0.574. The lowest BCUT2D eigenvalue weighted by Gasteiger charge is -2.38. The number of rotatable bonds is 6. The van der Waals surface area contributed by atoms with Crippen molar-refractivity contribution in [1.29, 1.82) is 0 Å². The van der Waals surface area contributed by atoms with Crippen LogP contribution in [0.4, 0.5) is 5.69 Å². The van der Waals surface area contributed by atoms with Crippen LogP contribution in [-0.4, -0.2) is 26.5 Å². The average Bonchev–Trinajstić information content (AvgIpc) is 2.76. The number of sulfonamides is 1. The van der Waals surface area contributed by atoms with E-state index in [9.17, 15) is 13.2 Å². The predicted molar refractivity (Wildman–Crippen MR) is 134 cm³/mol. The zero-order valence-corrected chi connectivity index (χ0v) is 20.7. The first-order valence-corrected chi connectivity index (χ1v) is 12.7. The van der Waals surface area contributed by atoms with Crippen LogP contribution in [0.25, 0.3) is 0 Å². The van der Waals surface area contributed by atoms with Gasteiger partial charge in [-0.2, -0.15) is 0 Å². The Morgan fingerprint density at radius 3 is 2.29 bits per heavy atom. The van der Waals surface area contributed by atoms with E-state index < -0.39 is 15.6 Å². The summed E-state index contributed by atoms with van der Waals surface area (Å²) in [5, 5.41) is 3.06. The molecule has 34 heavy (non-hydrogen) atoms. The van der Waals surface area contributed by atoms with Gasteiger partial charge < -0.3 is 10.1 Å². The Balaban J connectivity index is 1.67. The summed E-state index contributed by atoms with van der Waals surface area (Å²) in [6.45, 7) is 7.43. The molecule has 1 N–H and O–H groups in total. The van der Waals surface area contributed by atoms with E-state index in [1.807, 2.05) is 58.0 Å². The summed E-state index contributed by atoms with van der Waals surface area (Å²) in [4.78, 5) is 13.4. The molecule has 0 fully saturated rings. The molecular formula is C27H30N2O4S. The first-order valence-electron chi connectivity index (χ1n) is 11.3. The first kappa shape index (κ1) is 23.8. The fraction of sp³-hybridized carbons (Fsp3) is 0.296. The maximum Gasteiger partial charge on any atom is 0.264 e. The molecular weight excluding hydrogens is 448 g/mol. The third-order valence-corrected chi connectivity index (χ3v) is 7.61. The van der Waals surface area contributed by atoms with Gasteiger partial charge in [0.05, 0.1) is 16.6 Å². The van der Waals surface area contributed by atoms with E-state index >= 15 is 0 Å². The maximum atomic E-state index is 13.6. The number of anilines is 1. The monoisotopic (exact) mass is 478 g/mol. The van der Waals surface area contributed by atoms with Gasteiger partial charge in [0.25, 0.3) is 10.0 Å². The second kappa shape index (κ2) is 9.14. The molecule has 0 saturated carbocycles. The van der Waals surface area contributed by atoms with Gasteiger partial charge in [-0.15, -0.1) is 0 Å². The molecule has 1 unspecified atom stereocenters. The molecule has 178 valence electrons. The van der Waals surface area contributed by atoms with Gasteiger partial charge in [0.1, 0.15) is 17.9 Å². The molecule has 3 aromatic rings. The minimum absolute atomic E-state index is 0.138. The minimum atomic E-state index is -3.96. The summed E-state index contributed by atoms with van der Waals surface area (Å²) < 4.78 is 34.5. The molecule has 0 radical (unpaired) electrons. The normalized spacial score (nSPS) is 16.8. The average molecular weight is 479 g/mol. The molecule has 6 nitrogen and oxygen atoms in total. The maximum absolute atomic E-state index is 13.6. The van der Waals surface area contributed by atoms with Gasteiger partial charge in [0, 0.05) is 12.0 Å². The number of fused-ring (bicyclic) bond motifs is 1. The first-order chi connectivity index (χ1) is 16.0. The SMILES string of the molecule is Cc1cc(C)cc(N(CC(=O)NC2CC(C)(C)Oc3ccccc32)S(=O)(=O)c2ccccc2)c1. The van der Waals surface area contributed by atoms with Crippen LogP contribution in [0.1, 0.15) is 43.0 Å². The van der Waals surface area contributed by atoms with Crippen molar-refractivity contribution in [2.75, 3.05) is 10.8 Å². The second-order valence-corrected chi connectivity index (χ2v) is 11.3. The van der Waals surface area contributed by atoms with Crippen molar-refractivity contribution in [2.24, 2.45) is 0 Å². The van der Waals surface area contributed by atoms with E-state index in [0.717, 1.165) is 22.4 Å². The van der Waals surface area contributed by atoms with Crippen LogP contribution in [0.2, 0.25) is 0 Å². The van der Waals surface area contributed by atoms with Gasteiger partial charge in [-0.1, -0.05) is 42.5 Å². The van der Waals surface area contributed by atoms with Gasteiger partial charge >= 0.3 is 0 Å². The number of nitrogens with one attached hydrogen (secondary N) is 1. The summed E-state index contributed by atoms with van der Waals surface area (Å²) in [6, 6.07) is 21.1. The molecule has 1 aliphatic heterocycles. The number of carbonyl (C=O) groups excluding carboxylic acids is 1. The van der Waals surface area contributed by atoms with Crippen molar-refractivity contribution in [2.45, 2.75) is 50.7 Å². The zero-order chi connectivity index (χ0) is 24.5. The van der Waals surface area contributed by atoms with Gasteiger partial charge in [-0.05, 0) is 69.2 Å². The number of hydrogen-bond donors (Lipinski definition) is 1. The zero-order valence-electron chi connectivity index (χ0n) is 19.9. The van der Waals surface area contributed by atoms with Gasteiger partial charge in [0.2, 0.25) is 5.91 Å². The number of amides is 1. The molecule has 1 heterocycles. The predicted octanol–water partition coefficient (Wildman–Crippen LogP) is 4.92. The largest absolute Gasteiger partial charge is 0.487 e. The lowest BCUT2D eigenvalue weighted by atomic mass is 9.89. The van der Waals surface area contributed by atoms with Crippen LogP contribution in [0.5, 0.6) is 5.75 Å². The van der Waals surface area contributed by atoms with Crippen LogP contribution >= 0.6 is 0 Å². The van der Waals surface area contributed by atoms with Crippen molar-refractivity contribution in [3.63, 3.8) is 0 Å². The number of para-hydroxylation sites is 1. The topological polar surface area (TPSA) is 75.7 Å². The van der Waals surface area contributed by atoms with Crippen molar-refractivity contribution < 1.29 is 17.9 Å². The third-order valence-electron chi connectivity index (χ3n) is 5.82. The van der Waals surface area contributed by atoms with E-state index in [1.54, 1.807) is 42.5 Å². The number of nitrogens with zero attached hydrogens (tertiary/aromatic N) is 1. The molecule has 0 saturated heterocycles. The van der Waals surface area contributed by atoms with Crippen LogP contribution in [0, 0.1) is 13.8 Å². The molecule has 4 rings (SSSR count). The fourth-order valence-electron chi connectivity index (χ4n) is 4.43. The number of hydrogen-bond acceptors (Lipinski definition) is 4. The summed E-state index contributed by atoms with van der Waals surface area (Å²) in [5.74, 6) is 0.350. The lowest BCUT2D eigenvalue weighted by Crippen LogP contribution is -2.45. The minimum Gasteiger partial charge on any atom is -0.487 e. The molecule has 0 bridgehead atoms. The molecule has 7 heteroatoms. The summed E-state index contributed by atoms with van der Waals surface area (Å²) in [5.41, 5.74) is 2.73. The number of benzene rings is 3. The summed E-state index contributed by atoms with van der Waals surface area (Å²) >= 11 is 0.